The first kappa shape index (κ1) is 15.2. The van der Waals surface area contributed by atoms with E-state index in [9.17, 15) is 13.2 Å². The number of sulfone groups is 1. The molecule has 5 nitrogen and oxygen atoms in total. The first-order valence-corrected chi connectivity index (χ1v) is 8.61. The number of amides is 1. The molecule has 2 aromatic rings. The second-order valence-corrected chi connectivity index (χ2v) is 7.52. The van der Waals surface area contributed by atoms with E-state index in [-0.39, 0.29) is 22.3 Å². The van der Waals surface area contributed by atoms with E-state index < -0.39 is 9.84 Å². The van der Waals surface area contributed by atoms with Gasteiger partial charge in [0.05, 0.1) is 17.4 Å². The molecule has 108 valence electrons. The third-order valence-electron chi connectivity index (χ3n) is 2.70. The van der Waals surface area contributed by atoms with Crippen LogP contribution in [0.5, 0.6) is 0 Å². The molecule has 0 spiro atoms. The van der Waals surface area contributed by atoms with Crippen LogP contribution >= 0.6 is 11.3 Å². The lowest BCUT2D eigenvalue weighted by molar-refractivity contribution is -0.115. The first-order chi connectivity index (χ1) is 10.0. The quantitative estimate of drug-likeness (QED) is 0.916. The highest BCUT2D eigenvalue weighted by Gasteiger charge is 2.17. The van der Waals surface area contributed by atoms with Gasteiger partial charge in [0.25, 0.3) is 0 Å². The van der Waals surface area contributed by atoms with Gasteiger partial charge in [0.15, 0.2) is 9.84 Å². The standard InChI is InChI=1S/C14H12N2O3S2/c15-10-11-3-5-12(6-4-11)16-13(17)7-9-21(18,19)14-2-1-8-20-14/h1-6,8H,7,9H2,(H,16,17). The molecule has 0 aliphatic heterocycles. The van der Waals surface area contributed by atoms with Gasteiger partial charge in [-0.25, -0.2) is 8.42 Å². The number of thiophene rings is 1. The summed E-state index contributed by atoms with van der Waals surface area (Å²) in [5, 5.41) is 13.0. The van der Waals surface area contributed by atoms with Crippen LogP contribution in [0.1, 0.15) is 12.0 Å². The van der Waals surface area contributed by atoms with Gasteiger partial charge in [0.2, 0.25) is 5.91 Å². The number of nitrogens with one attached hydrogen (secondary N) is 1. The summed E-state index contributed by atoms with van der Waals surface area (Å²) in [6.45, 7) is 0. The van der Waals surface area contributed by atoms with Crippen molar-refractivity contribution in [3.8, 4) is 6.07 Å². The Morgan fingerprint density at radius 3 is 2.52 bits per heavy atom. The predicted octanol–water partition coefficient (Wildman–Crippen LogP) is 2.42. The van der Waals surface area contributed by atoms with Crippen LogP contribution in [0, 0.1) is 11.3 Å². The van der Waals surface area contributed by atoms with Gasteiger partial charge in [0, 0.05) is 12.1 Å². The minimum absolute atomic E-state index is 0.111. The second kappa shape index (κ2) is 6.52. The lowest BCUT2D eigenvalue weighted by Crippen LogP contribution is -2.17. The fourth-order valence-electron chi connectivity index (χ4n) is 1.62. The van der Waals surface area contributed by atoms with E-state index in [1.165, 1.54) is 6.07 Å². The molecule has 0 unspecified atom stereocenters. The molecule has 1 N–H and O–H groups in total. The number of benzene rings is 1. The van der Waals surface area contributed by atoms with Crippen molar-refractivity contribution in [1.29, 1.82) is 5.26 Å². The zero-order valence-corrected chi connectivity index (χ0v) is 12.6. The molecule has 0 saturated heterocycles. The van der Waals surface area contributed by atoms with Gasteiger partial charge >= 0.3 is 0 Å². The molecule has 0 aliphatic rings. The Labute approximate surface area is 126 Å². The fraction of sp³-hybridized carbons (Fsp3) is 0.143. The summed E-state index contributed by atoms with van der Waals surface area (Å²) in [6.07, 6.45) is -0.111. The largest absolute Gasteiger partial charge is 0.326 e. The summed E-state index contributed by atoms with van der Waals surface area (Å²) in [4.78, 5) is 11.7. The summed E-state index contributed by atoms with van der Waals surface area (Å²) in [6, 6.07) is 11.5. The molecule has 0 fully saturated rings. The third-order valence-corrected chi connectivity index (χ3v) is 5.90. The zero-order chi connectivity index (χ0) is 15.3. The summed E-state index contributed by atoms with van der Waals surface area (Å²) in [5.41, 5.74) is 1.03. The van der Waals surface area contributed by atoms with E-state index >= 15 is 0 Å². The maximum atomic E-state index is 11.9. The Balaban J connectivity index is 1.92. The van der Waals surface area contributed by atoms with Crippen molar-refractivity contribution in [2.45, 2.75) is 10.6 Å². The van der Waals surface area contributed by atoms with Gasteiger partial charge in [-0.15, -0.1) is 11.3 Å². The summed E-state index contributed by atoms with van der Waals surface area (Å²) in [5.74, 6) is -0.602. The SMILES string of the molecule is N#Cc1ccc(NC(=O)CCS(=O)(=O)c2cccs2)cc1. The lowest BCUT2D eigenvalue weighted by atomic mass is 10.2. The van der Waals surface area contributed by atoms with Crippen molar-refractivity contribution in [2.75, 3.05) is 11.1 Å². The van der Waals surface area contributed by atoms with Gasteiger partial charge in [-0.3, -0.25) is 4.79 Å². The maximum absolute atomic E-state index is 11.9. The molecule has 7 heteroatoms. The second-order valence-electron chi connectivity index (χ2n) is 4.24. The summed E-state index contributed by atoms with van der Waals surface area (Å²) < 4.78 is 24.1. The van der Waals surface area contributed by atoms with Crippen molar-refractivity contribution < 1.29 is 13.2 Å². The molecular formula is C14H12N2O3S2. The van der Waals surface area contributed by atoms with Crippen LogP contribution in [-0.4, -0.2) is 20.1 Å². The first-order valence-electron chi connectivity index (χ1n) is 6.07. The van der Waals surface area contributed by atoms with Crippen LogP contribution in [0.4, 0.5) is 5.69 Å². The maximum Gasteiger partial charge on any atom is 0.225 e. The highest BCUT2D eigenvalue weighted by molar-refractivity contribution is 7.93. The number of carbonyl (C=O) groups is 1. The highest BCUT2D eigenvalue weighted by Crippen LogP contribution is 2.18. The number of hydrogen-bond donors (Lipinski definition) is 1. The van der Waals surface area contributed by atoms with Crippen LogP contribution in [0.3, 0.4) is 0 Å². The third kappa shape index (κ3) is 4.15. The molecule has 1 aromatic heterocycles. The normalized spacial score (nSPS) is 10.8. The van der Waals surface area contributed by atoms with Gasteiger partial charge in [0.1, 0.15) is 4.21 Å². The molecular weight excluding hydrogens is 308 g/mol. The molecule has 1 aromatic carbocycles. The number of anilines is 1. The van der Waals surface area contributed by atoms with Crippen molar-refractivity contribution in [3.05, 3.63) is 47.3 Å². The Morgan fingerprint density at radius 1 is 1.24 bits per heavy atom. The van der Waals surface area contributed by atoms with Crippen molar-refractivity contribution in [2.24, 2.45) is 0 Å². The Kier molecular flexibility index (Phi) is 4.73. The lowest BCUT2D eigenvalue weighted by Gasteiger charge is -2.05. The molecule has 0 bridgehead atoms. The fourth-order valence-corrected chi connectivity index (χ4v) is 4.01. The topological polar surface area (TPSA) is 87.0 Å². The minimum atomic E-state index is -3.40. The van der Waals surface area contributed by atoms with Crippen LogP contribution in [0.15, 0.2) is 46.0 Å². The number of rotatable bonds is 5. The van der Waals surface area contributed by atoms with E-state index in [0.29, 0.717) is 11.3 Å². The number of nitriles is 1. The van der Waals surface area contributed by atoms with E-state index in [0.717, 1.165) is 11.3 Å². The molecule has 0 saturated carbocycles. The van der Waals surface area contributed by atoms with E-state index in [1.54, 1.807) is 35.7 Å². The number of nitrogens with zero attached hydrogens (tertiary/aromatic N) is 1. The summed E-state index contributed by atoms with van der Waals surface area (Å²) >= 11 is 1.14. The van der Waals surface area contributed by atoms with Crippen molar-refractivity contribution >= 4 is 32.8 Å². The molecule has 0 aliphatic carbocycles. The molecule has 21 heavy (non-hydrogen) atoms. The zero-order valence-electron chi connectivity index (χ0n) is 10.9. The van der Waals surface area contributed by atoms with Gasteiger partial charge in [-0.1, -0.05) is 6.07 Å². The predicted molar refractivity (Wildman–Crippen MR) is 80.8 cm³/mol. The molecule has 0 radical (unpaired) electrons. The van der Waals surface area contributed by atoms with Crippen LogP contribution in [0.25, 0.3) is 0 Å². The average molecular weight is 320 g/mol. The van der Waals surface area contributed by atoms with E-state index in [1.807, 2.05) is 6.07 Å². The van der Waals surface area contributed by atoms with Gasteiger partial charge < -0.3 is 5.32 Å². The van der Waals surface area contributed by atoms with Crippen LogP contribution < -0.4 is 5.32 Å². The number of carbonyl (C=O) groups excluding carboxylic acids is 1. The van der Waals surface area contributed by atoms with E-state index in [2.05, 4.69) is 5.32 Å². The molecule has 2 rings (SSSR count). The Bertz CT molecular complexity index is 758. The highest BCUT2D eigenvalue weighted by atomic mass is 32.2. The van der Waals surface area contributed by atoms with Crippen LogP contribution in [-0.2, 0) is 14.6 Å². The average Bonchev–Trinajstić information content (AvgIpc) is 3.01. The minimum Gasteiger partial charge on any atom is -0.326 e. The molecule has 1 amide bonds. The monoisotopic (exact) mass is 320 g/mol. The molecule has 1 heterocycles. The van der Waals surface area contributed by atoms with Crippen molar-refractivity contribution in [3.63, 3.8) is 0 Å². The summed E-state index contributed by atoms with van der Waals surface area (Å²) in [7, 11) is -3.40. The smallest absolute Gasteiger partial charge is 0.225 e. The Hall–Kier alpha value is -2.17. The van der Waals surface area contributed by atoms with E-state index in [4.69, 9.17) is 5.26 Å². The van der Waals surface area contributed by atoms with Gasteiger partial charge in [-0.05, 0) is 35.7 Å². The molecule has 0 atom stereocenters. The van der Waals surface area contributed by atoms with Crippen LogP contribution in [0.2, 0.25) is 0 Å². The van der Waals surface area contributed by atoms with Crippen molar-refractivity contribution in [1.82, 2.24) is 0 Å². The number of hydrogen-bond acceptors (Lipinski definition) is 5. The Morgan fingerprint density at radius 2 is 1.95 bits per heavy atom. The van der Waals surface area contributed by atoms with Gasteiger partial charge in [-0.2, -0.15) is 5.26 Å².